The number of rotatable bonds is 3. The Bertz CT molecular complexity index is 818. The molecule has 1 unspecified atom stereocenters. The molecule has 2 aliphatic heterocycles. The zero-order chi connectivity index (χ0) is 17.5. The van der Waals surface area contributed by atoms with Crippen LogP contribution in [0.1, 0.15) is 22.6 Å². The summed E-state index contributed by atoms with van der Waals surface area (Å²) in [5.74, 6) is 1.30. The van der Waals surface area contributed by atoms with E-state index in [4.69, 9.17) is 9.78 Å². The van der Waals surface area contributed by atoms with E-state index < -0.39 is 0 Å². The first-order valence-electron chi connectivity index (χ1n) is 9.45. The van der Waals surface area contributed by atoms with E-state index in [0.29, 0.717) is 12.5 Å². The maximum atomic E-state index is 13.7. The third-order valence-corrected chi connectivity index (χ3v) is 5.93. The summed E-state index contributed by atoms with van der Waals surface area (Å²) in [5.41, 5.74) is 4.67. The number of hydrogen-bond donors (Lipinski definition) is 0. The molecule has 136 valence electrons. The van der Waals surface area contributed by atoms with E-state index >= 15 is 0 Å². The number of benzene rings is 2. The van der Waals surface area contributed by atoms with E-state index in [1.165, 1.54) is 16.8 Å². The lowest BCUT2D eigenvalue weighted by atomic mass is 9.77. The Morgan fingerprint density at radius 2 is 1.85 bits per heavy atom. The van der Waals surface area contributed by atoms with Gasteiger partial charge in [-0.3, -0.25) is 4.90 Å². The van der Waals surface area contributed by atoms with Gasteiger partial charge >= 0.3 is 0 Å². The number of anilines is 1. The van der Waals surface area contributed by atoms with Crippen LogP contribution < -0.4 is 9.79 Å². The van der Waals surface area contributed by atoms with Gasteiger partial charge in [0.05, 0.1) is 6.61 Å². The van der Waals surface area contributed by atoms with Gasteiger partial charge in [0.25, 0.3) is 0 Å². The van der Waals surface area contributed by atoms with Crippen LogP contribution in [-0.2, 0) is 17.7 Å². The van der Waals surface area contributed by atoms with Gasteiger partial charge in [-0.2, -0.15) is 4.89 Å². The fraction of sp³-hybridized carbons (Fsp3) is 0.429. The van der Waals surface area contributed by atoms with Gasteiger partial charge in [0.15, 0.2) is 5.75 Å². The molecule has 0 N–H and O–H groups in total. The summed E-state index contributed by atoms with van der Waals surface area (Å²) in [6, 6.07) is 11.7. The second kappa shape index (κ2) is 6.56. The van der Waals surface area contributed by atoms with Crippen molar-refractivity contribution in [3.63, 3.8) is 0 Å². The minimum Gasteiger partial charge on any atom is -0.369 e. The molecule has 26 heavy (non-hydrogen) atoms. The molecule has 2 heterocycles. The van der Waals surface area contributed by atoms with Crippen molar-refractivity contribution < 1.29 is 14.2 Å². The summed E-state index contributed by atoms with van der Waals surface area (Å²) < 4.78 is 13.7. The van der Waals surface area contributed by atoms with Crippen LogP contribution in [0.4, 0.5) is 10.1 Å². The number of fused-ring (bicyclic) bond motifs is 2. The van der Waals surface area contributed by atoms with E-state index in [1.807, 2.05) is 18.2 Å². The minimum absolute atomic E-state index is 0.0383. The molecule has 0 amide bonds. The van der Waals surface area contributed by atoms with Crippen LogP contribution in [-0.4, -0.2) is 44.2 Å². The van der Waals surface area contributed by atoms with E-state index in [1.54, 1.807) is 6.07 Å². The van der Waals surface area contributed by atoms with Gasteiger partial charge in [-0.15, -0.1) is 0 Å². The summed E-state index contributed by atoms with van der Waals surface area (Å²) in [5, 5.41) is 0. The van der Waals surface area contributed by atoms with Crippen molar-refractivity contribution in [2.75, 3.05) is 44.2 Å². The van der Waals surface area contributed by atoms with Gasteiger partial charge in [-0.25, -0.2) is 4.39 Å². The van der Waals surface area contributed by atoms with Crippen molar-refractivity contribution in [3.8, 4) is 5.75 Å². The highest BCUT2D eigenvalue weighted by molar-refractivity contribution is 5.60. The number of nitrogens with zero attached hydrogens (tertiary/aromatic N) is 2. The van der Waals surface area contributed by atoms with Gasteiger partial charge < -0.3 is 9.79 Å². The molecule has 5 heteroatoms. The Kier molecular flexibility index (Phi) is 4.06. The lowest BCUT2D eigenvalue weighted by molar-refractivity contribution is -0.215. The predicted molar refractivity (Wildman–Crippen MR) is 98.2 cm³/mol. The fourth-order valence-corrected chi connectivity index (χ4v) is 4.47. The van der Waals surface area contributed by atoms with Crippen LogP contribution in [0.3, 0.4) is 0 Å². The van der Waals surface area contributed by atoms with Gasteiger partial charge in [-0.1, -0.05) is 18.2 Å². The predicted octanol–water partition coefficient (Wildman–Crippen LogP) is 3.15. The summed E-state index contributed by atoms with van der Waals surface area (Å²) >= 11 is 0. The second-order valence-corrected chi connectivity index (χ2v) is 7.41. The van der Waals surface area contributed by atoms with E-state index in [0.717, 1.165) is 56.9 Å². The molecule has 2 aromatic carbocycles. The summed E-state index contributed by atoms with van der Waals surface area (Å²) in [6.45, 7) is 5.76. The first kappa shape index (κ1) is 16.1. The van der Waals surface area contributed by atoms with Gasteiger partial charge in [0.1, 0.15) is 5.82 Å². The molecule has 3 aliphatic rings. The molecule has 1 fully saturated rings. The van der Waals surface area contributed by atoms with E-state index in [2.05, 4.69) is 21.9 Å². The number of piperazine rings is 1. The minimum atomic E-state index is -0.0383. The molecule has 0 saturated carbocycles. The molecule has 4 nitrogen and oxygen atoms in total. The van der Waals surface area contributed by atoms with Crippen molar-refractivity contribution in [3.05, 3.63) is 58.9 Å². The van der Waals surface area contributed by atoms with Crippen molar-refractivity contribution >= 4 is 5.69 Å². The summed E-state index contributed by atoms with van der Waals surface area (Å²) in [6.07, 6.45) is 1.78. The quantitative estimate of drug-likeness (QED) is 0.791. The molecule has 0 bridgehead atoms. The maximum Gasteiger partial charge on any atom is 0.170 e. The monoisotopic (exact) mass is 354 g/mol. The van der Waals surface area contributed by atoms with Crippen molar-refractivity contribution in [1.82, 2.24) is 4.90 Å². The van der Waals surface area contributed by atoms with Crippen LogP contribution in [0.5, 0.6) is 5.75 Å². The van der Waals surface area contributed by atoms with Crippen LogP contribution in [0.15, 0.2) is 36.4 Å². The third-order valence-electron chi connectivity index (χ3n) is 5.93. The zero-order valence-electron chi connectivity index (χ0n) is 14.8. The average molecular weight is 354 g/mol. The van der Waals surface area contributed by atoms with Gasteiger partial charge in [0, 0.05) is 56.3 Å². The first-order valence-corrected chi connectivity index (χ1v) is 9.45. The van der Waals surface area contributed by atoms with Gasteiger partial charge in [-0.05, 0) is 35.7 Å². The lowest BCUT2D eigenvalue weighted by Gasteiger charge is -2.41. The van der Waals surface area contributed by atoms with Crippen LogP contribution in [0.2, 0.25) is 0 Å². The molecule has 5 rings (SSSR count). The zero-order valence-corrected chi connectivity index (χ0v) is 14.8. The summed E-state index contributed by atoms with van der Waals surface area (Å²) in [7, 11) is 0. The fourth-order valence-electron chi connectivity index (χ4n) is 4.47. The molecular formula is C21H23FN2O2. The average Bonchev–Trinajstić information content (AvgIpc) is 2.67. The van der Waals surface area contributed by atoms with Crippen molar-refractivity contribution in [1.29, 1.82) is 0 Å². The Hall–Kier alpha value is -2.11. The molecule has 1 saturated heterocycles. The molecule has 2 aromatic rings. The Morgan fingerprint density at radius 1 is 1.00 bits per heavy atom. The third kappa shape index (κ3) is 2.75. The topological polar surface area (TPSA) is 24.9 Å². The normalized spacial score (nSPS) is 22.2. The summed E-state index contributed by atoms with van der Waals surface area (Å²) in [4.78, 5) is 15.4. The second-order valence-electron chi connectivity index (χ2n) is 7.41. The Balaban J connectivity index is 1.22. The molecule has 0 radical (unpaired) electrons. The lowest BCUT2D eigenvalue weighted by Crippen LogP contribution is -2.48. The SMILES string of the molecule is Fc1cccc2c1CC2CN1CCN(c2cccc3c2CCOO3)CC1. The molecule has 0 aromatic heterocycles. The highest BCUT2D eigenvalue weighted by Gasteiger charge is 2.31. The molecule has 1 aliphatic carbocycles. The van der Waals surface area contributed by atoms with Crippen LogP contribution in [0, 0.1) is 5.82 Å². The first-order chi connectivity index (χ1) is 12.8. The molecule has 0 spiro atoms. The van der Waals surface area contributed by atoms with Crippen LogP contribution >= 0.6 is 0 Å². The Morgan fingerprint density at radius 3 is 2.73 bits per heavy atom. The standard InChI is InChI=1S/C21H23FN2O2/c22-19-4-1-3-16-15(13-18(16)19)14-23-8-10-24(11-9-23)20-5-2-6-21-17(20)7-12-25-26-21/h1-6,15H,7-14H2. The van der Waals surface area contributed by atoms with Crippen LogP contribution in [0.25, 0.3) is 0 Å². The highest BCUT2D eigenvalue weighted by atomic mass is 19.1. The highest BCUT2D eigenvalue weighted by Crippen LogP contribution is 2.38. The molecule has 1 atom stereocenters. The number of halogens is 1. The van der Waals surface area contributed by atoms with Crippen molar-refractivity contribution in [2.24, 2.45) is 0 Å². The van der Waals surface area contributed by atoms with E-state index in [9.17, 15) is 4.39 Å². The maximum absolute atomic E-state index is 13.7. The smallest absolute Gasteiger partial charge is 0.170 e. The van der Waals surface area contributed by atoms with Crippen molar-refractivity contribution in [2.45, 2.75) is 18.8 Å². The van der Waals surface area contributed by atoms with E-state index in [-0.39, 0.29) is 5.82 Å². The Labute approximate surface area is 153 Å². The van der Waals surface area contributed by atoms with Gasteiger partial charge in [0.2, 0.25) is 0 Å². The largest absolute Gasteiger partial charge is 0.369 e. The molecular weight excluding hydrogens is 331 g/mol. The number of hydrogen-bond acceptors (Lipinski definition) is 4.